The van der Waals surface area contributed by atoms with Crippen LogP contribution in [0, 0.1) is 5.41 Å². The smallest absolute Gasteiger partial charge is 0.0317 e. The molecule has 2 N–H and O–H groups in total. The van der Waals surface area contributed by atoms with Gasteiger partial charge in [0.05, 0.1) is 0 Å². The Hall–Kier alpha value is -0.980. The fourth-order valence-corrected chi connectivity index (χ4v) is 3.02. The van der Waals surface area contributed by atoms with Crippen LogP contribution in [0.1, 0.15) is 43.2 Å². The van der Waals surface area contributed by atoms with Crippen LogP contribution in [-0.4, -0.2) is 0 Å². The Labute approximate surface area is 85.3 Å². The van der Waals surface area contributed by atoms with Gasteiger partial charge in [-0.2, -0.15) is 0 Å². The Kier molecular flexibility index (Phi) is 1.51. The highest BCUT2D eigenvalue weighted by atomic mass is 14.6. The van der Waals surface area contributed by atoms with E-state index in [2.05, 4.69) is 19.1 Å². The minimum atomic E-state index is 0.667. The molecule has 1 saturated carbocycles. The van der Waals surface area contributed by atoms with Crippen LogP contribution >= 0.6 is 0 Å². The molecule has 3 rings (SSSR count). The predicted molar refractivity (Wildman–Crippen MR) is 59.3 cm³/mol. The molecule has 2 aliphatic carbocycles. The van der Waals surface area contributed by atoms with Crippen LogP contribution < -0.4 is 5.73 Å². The first-order valence-corrected chi connectivity index (χ1v) is 5.60. The quantitative estimate of drug-likeness (QED) is 0.620. The molecule has 0 saturated heterocycles. The van der Waals surface area contributed by atoms with E-state index < -0.39 is 0 Å². The summed E-state index contributed by atoms with van der Waals surface area (Å²) in [5.74, 6) is 0.731. The van der Waals surface area contributed by atoms with E-state index in [1.807, 2.05) is 6.07 Å². The van der Waals surface area contributed by atoms with Gasteiger partial charge < -0.3 is 5.73 Å². The second kappa shape index (κ2) is 2.53. The number of nitrogen functional groups attached to an aromatic ring is 1. The standard InChI is InChI=1S/C13H17N/c1-9-12-8-11(14)3-2-10(12)4-5-13(9)6-7-13/h2-3,8-9H,4-7,14H2,1H3. The summed E-state index contributed by atoms with van der Waals surface area (Å²) in [6.07, 6.45) is 5.52. The number of aryl methyl sites for hydroxylation is 1. The first-order chi connectivity index (χ1) is 6.71. The summed E-state index contributed by atoms with van der Waals surface area (Å²) in [7, 11) is 0. The summed E-state index contributed by atoms with van der Waals surface area (Å²) >= 11 is 0. The Bertz CT molecular complexity index is 377. The zero-order valence-corrected chi connectivity index (χ0v) is 8.72. The number of hydrogen-bond acceptors (Lipinski definition) is 1. The molecule has 1 nitrogen and oxygen atoms in total. The summed E-state index contributed by atoms with van der Waals surface area (Å²) < 4.78 is 0. The zero-order chi connectivity index (χ0) is 9.76. The molecule has 1 atom stereocenters. The molecule has 1 heteroatoms. The molecular weight excluding hydrogens is 170 g/mol. The highest BCUT2D eigenvalue weighted by Gasteiger charge is 2.49. The van der Waals surface area contributed by atoms with E-state index in [1.165, 1.54) is 36.8 Å². The lowest BCUT2D eigenvalue weighted by atomic mass is 9.73. The van der Waals surface area contributed by atoms with Crippen molar-refractivity contribution in [1.29, 1.82) is 0 Å². The SMILES string of the molecule is CC1c2cc(N)ccc2CCC12CC2. The largest absolute Gasteiger partial charge is 0.399 e. The molecule has 1 aromatic rings. The Balaban J connectivity index is 2.09. The first kappa shape index (κ1) is 8.34. The van der Waals surface area contributed by atoms with Gasteiger partial charge in [-0.3, -0.25) is 0 Å². The monoisotopic (exact) mass is 187 g/mol. The molecule has 0 radical (unpaired) electrons. The second-order valence-electron chi connectivity index (χ2n) is 5.04. The summed E-state index contributed by atoms with van der Waals surface area (Å²) in [4.78, 5) is 0. The highest BCUT2D eigenvalue weighted by molar-refractivity contribution is 5.48. The van der Waals surface area contributed by atoms with E-state index in [-0.39, 0.29) is 0 Å². The van der Waals surface area contributed by atoms with Gasteiger partial charge in [-0.25, -0.2) is 0 Å². The lowest BCUT2D eigenvalue weighted by molar-refractivity contribution is 0.367. The van der Waals surface area contributed by atoms with E-state index in [0.717, 1.165) is 11.6 Å². The maximum atomic E-state index is 5.85. The van der Waals surface area contributed by atoms with Crippen LogP contribution in [0.3, 0.4) is 0 Å². The number of fused-ring (bicyclic) bond motifs is 1. The van der Waals surface area contributed by atoms with Crippen LogP contribution in [0.5, 0.6) is 0 Å². The molecular formula is C13H17N. The molecule has 1 spiro atoms. The first-order valence-electron chi connectivity index (χ1n) is 5.60. The molecule has 0 bridgehead atoms. The van der Waals surface area contributed by atoms with Crippen LogP contribution in [0.25, 0.3) is 0 Å². The normalized spacial score (nSPS) is 27.4. The summed E-state index contributed by atoms with van der Waals surface area (Å²) in [5.41, 5.74) is 10.5. The summed E-state index contributed by atoms with van der Waals surface area (Å²) in [5, 5.41) is 0. The number of benzene rings is 1. The van der Waals surface area contributed by atoms with Crippen molar-refractivity contribution < 1.29 is 0 Å². The lowest BCUT2D eigenvalue weighted by Crippen LogP contribution is -2.19. The van der Waals surface area contributed by atoms with Gasteiger partial charge in [-0.05, 0) is 60.3 Å². The van der Waals surface area contributed by atoms with Gasteiger partial charge in [0.25, 0.3) is 0 Å². The Morgan fingerprint density at radius 1 is 1.29 bits per heavy atom. The zero-order valence-electron chi connectivity index (χ0n) is 8.72. The number of nitrogens with two attached hydrogens (primary N) is 1. The van der Waals surface area contributed by atoms with Crippen LogP contribution in [0.2, 0.25) is 0 Å². The average Bonchev–Trinajstić information content (AvgIpc) is 2.94. The van der Waals surface area contributed by atoms with Crippen LogP contribution in [0.15, 0.2) is 18.2 Å². The van der Waals surface area contributed by atoms with Gasteiger partial charge in [0.1, 0.15) is 0 Å². The summed E-state index contributed by atoms with van der Waals surface area (Å²) in [6.45, 7) is 2.38. The molecule has 1 fully saturated rings. The van der Waals surface area contributed by atoms with Crippen molar-refractivity contribution in [3.8, 4) is 0 Å². The number of rotatable bonds is 0. The molecule has 0 heterocycles. The summed E-state index contributed by atoms with van der Waals surface area (Å²) in [6, 6.07) is 6.45. The third-order valence-corrected chi connectivity index (χ3v) is 4.34. The third-order valence-electron chi connectivity index (χ3n) is 4.34. The Morgan fingerprint density at radius 3 is 2.79 bits per heavy atom. The average molecular weight is 187 g/mol. The van der Waals surface area contributed by atoms with Crippen molar-refractivity contribution >= 4 is 5.69 Å². The van der Waals surface area contributed by atoms with Crippen LogP contribution in [-0.2, 0) is 6.42 Å². The van der Waals surface area contributed by atoms with E-state index in [1.54, 1.807) is 0 Å². The highest BCUT2D eigenvalue weighted by Crippen LogP contribution is 2.61. The van der Waals surface area contributed by atoms with E-state index >= 15 is 0 Å². The van der Waals surface area contributed by atoms with Gasteiger partial charge in [-0.1, -0.05) is 13.0 Å². The van der Waals surface area contributed by atoms with Crippen molar-refractivity contribution in [3.05, 3.63) is 29.3 Å². The fraction of sp³-hybridized carbons (Fsp3) is 0.538. The second-order valence-corrected chi connectivity index (χ2v) is 5.04. The molecule has 2 aliphatic rings. The minimum Gasteiger partial charge on any atom is -0.399 e. The van der Waals surface area contributed by atoms with Crippen molar-refractivity contribution in [2.75, 3.05) is 5.73 Å². The molecule has 0 aromatic heterocycles. The van der Waals surface area contributed by atoms with Crippen molar-refractivity contribution in [1.82, 2.24) is 0 Å². The predicted octanol–water partition coefficient (Wildman–Crippen LogP) is 3.10. The molecule has 0 amide bonds. The molecule has 74 valence electrons. The van der Waals surface area contributed by atoms with Crippen molar-refractivity contribution in [2.45, 2.75) is 38.5 Å². The number of anilines is 1. The van der Waals surface area contributed by atoms with Gasteiger partial charge >= 0.3 is 0 Å². The molecule has 1 unspecified atom stereocenters. The topological polar surface area (TPSA) is 26.0 Å². The van der Waals surface area contributed by atoms with E-state index in [4.69, 9.17) is 5.73 Å². The van der Waals surface area contributed by atoms with E-state index in [0.29, 0.717) is 5.41 Å². The van der Waals surface area contributed by atoms with Gasteiger partial charge in [-0.15, -0.1) is 0 Å². The third kappa shape index (κ3) is 1.01. The van der Waals surface area contributed by atoms with Crippen molar-refractivity contribution in [3.63, 3.8) is 0 Å². The van der Waals surface area contributed by atoms with Crippen LogP contribution in [0.4, 0.5) is 5.69 Å². The van der Waals surface area contributed by atoms with Gasteiger partial charge in [0.2, 0.25) is 0 Å². The minimum absolute atomic E-state index is 0.667. The molecule has 1 aromatic carbocycles. The maximum absolute atomic E-state index is 5.85. The lowest BCUT2D eigenvalue weighted by Gasteiger charge is -2.31. The van der Waals surface area contributed by atoms with E-state index in [9.17, 15) is 0 Å². The van der Waals surface area contributed by atoms with Crippen molar-refractivity contribution in [2.24, 2.45) is 5.41 Å². The maximum Gasteiger partial charge on any atom is 0.0317 e. The number of hydrogen-bond donors (Lipinski definition) is 1. The van der Waals surface area contributed by atoms with Gasteiger partial charge in [0.15, 0.2) is 0 Å². The Morgan fingerprint density at radius 2 is 2.07 bits per heavy atom. The molecule has 14 heavy (non-hydrogen) atoms. The van der Waals surface area contributed by atoms with Gasteiger partial charge in [0, 0.05) is 5.69 Å². The fourth-order valence-electron chi connectivity index (χ4n) is 3.02. The molecule has 0 aliphatic heterocycles.